The van der Waals surface area contributed by atoms with Gasteiger partial charge in [0.05, 0.1) is 11.9 Å². The Morgan fingerprint density at radius 2 is 1.80 bits per heavy atom. The van der Waals surface area contributed by atoms with Crippen LogP contribution in [0.1, 0.15) is 32.1 Å². The van der Waals surface area contributed by atoms with Gasteiger partial charge in [-0.15, -0.1) is 24.8 Å². The Morgan fingerprint density at radius 1 is 1.08 bits per heavy atom. The minimum atomic E-state index is 0. The van der Waals surface area contributed by atoms with Crippen LogP contribution in [-0.4, -0.2) is 29.9 Å². The summed E-state index contributed by atoms with van der Waals surface area (Å²) < 4.78 is 0. The van der Waals surface area contributed by atoms with Gasteiger partial charge in [0.1, 0.15) is 5.82 Å². The summed E-state index contributed by atoms with van der Waals surface area (Å²) in [6.07, 6.45) is 6.74. The first kappa shape index (κ1) is 19.9. The standard InChI is InChI=1S/C17H22N4O2.2ClH/c22-15(11-1-2-11)21-14-4-3-12(10-19-14)20-16(23)13-9-17(13)5-7-18-8-6-17;;/h3-4,10-11,13,18H,1-2,5-9H2,(H,20,23)(H,19,21,22);2*1H. The average molecular weight is 387 g/mol. The van der Waals surface area contributed by atoms with Crippen LogP contribution in [0.25, 0.3) is 0 Å². The molecular formula is C17H24Cl2N4O2. The molecule has 0 bridgehead atoms. The topological polar surface area (TPSA) is 83.1 Å². The summed E-state index contributed by atoms with van der Waals surface area (Å²) in [6.45, 7) is 2.03. The molecule has 2 amide bonds. The van der Waals surface area contributed by atoms with Crippen molar-refractivity contribution in [1.82, 2.24) is 10.3 Å². The smallest absolute Gasteiger partial charge is 0.228 e. The van der Waals surface area contributed by atoms with E-state index in [-0.39, 0.29) is 53.9 Å². The first-order valence-corrected chi connectivity index (χ1v) is 8.45. The first-order chi connectivity index (χ1) is 11.2. The Kier molecular flexibility index (Phi) is 6.30. The molecule has 2 saturated carbocycles. The van der Waals surface area contributed by atoms with Crippen LogP contribution in [0.15, 0.2) is 18.3 Å². The van der Waals surface area contributed by atoms with E-state index in [4.69, 9.17) is 0 Å². The Hall–Kier alpha value is -1.37. The number of aromatic nitrogens is 1. The van der Waals surface area contributed by atoms with Crippen molar-refractivity contribution < 1.29 is 9.59 Å². The second-order valence-corrected chi connectivity index (χ2v) is 7.05. The van der Waals surface area contributed by atoms with Gasteiger partial charge in [-0.1, -0.05) is 0 Å². The van der Waals surface area contributed by atoms with Gasteiger partial charge in [0, 0.05) is 11.8 Å². The average Bonchev–Trinajstić information content (AvgIpc) is 3.46. The Bertz CT molecular complexity index is 628. The summed E-state index contributed by atoms with van der Waals surface area (Å²) in [6, 6.07) is 3.54. The zero-order chi connectivity index (χ0) is 15.9. The number of halogens is 2. The molecule has 1 aliphatic heterocycles. The molecule has 1 spiro atoms. The summed E-state index contributed by atoms with van der Waals surface area (Å²) >= 11 is 0. The maximum absolute atomic E-state index is 12.4. The van der Waals surface area contributed by atoms with Gasteiger partial charge >= 0.3 is 0 Å². The van der Waals surface area contributed by atoms with Crippen LogP contribution in [0.2, 0.25) is 0 Å². The summed E-state index contributed by atoms with van der Waals surface area (Å²) in [5.74, 6) is 0.982. The normalized spacial score (nSPS) is 23.0. The molecule has 25 heavy (non-hydrogen) atoms. The van der Waals surface area contributed by atoms with Crippen molar-refractivity contribution in [2.45, 2.75) is 32.1 Å². The lowest BCUT2D eigenvalue weighted by atomic mass is 9.92. The SMILES string of the molecule is Cl.Cl.O=C(Nc1ccc(NC(=O)C2CC23CCNCC3)cn1)C1CC1. The largest absolute Gasteiger partial charge is 0.324 e. The van der Waals surface area contributed by atoms with Crippen molar-refractivity contribution in [3.63, 3.8) is 0 Å². The van der Waals surface area contributed by atoms with Crippen molar-refractivity contribution in [2.75, 3.05) is 23.7 Å². The van der Waals surface area contributed by atoms with Gasteiger partial charge in [0.15, 0.2) is 0 Å². The molecule has 4 rings (SSSR count). The monoisotopic (exact) mass is 386 g/mol. The van der Waals surface area contributed by atoms with Crippen LogP contribution in [0.5, 0.6) is 0 Å². The maximum Gasteiger partial charge on any atom is 0.228 e. The minimum Gasteiger partial charge on any atom is -0.324 e. The van der Waals surface area contributed by atoms with Crippen LogP contribution in [0, 0.1) is 17.3 Å². The molecule has 2 aliphatic carbocycles. The molecule has 0 radical (unpaired) electrons. The van der Waals surface area contributed by atoms with Gasteiger partial charge in [-0.2, -0.15) is 0 Å². The van der Waals surface area contributed by atoms with E-state index in [0.29, 0.717) is 11.5 Å². The summed E-state index contributed by atoms with van der Waals surface area (Å²) in [5, 5.41) is 9.10. The molecule has 8 heteroatoms. The molecule has 1 aromatic rings. The first-order valence-electron chi connectivity index (χ1n) is 8.45. The molecular weight excluding hydrogens is 363 g/mol. The lowest BCUT2D eigenvalue weighted by molar-refractivity contribution is -0.118. The predicted molar refractivity (Wildman–Crippen MR) is 101 cm³/mol. The number of rotatable bonds is 4. The lowest BCUT2D eigenvalue weighted by Gasteiger charge is -2.23. The van der Waals surface area contributed by atoms with Crippen LogP contribution < -0.4 is 16.0 Å². The number of nitrogens with one attached hydrogen (secondary N) is 3. The minimum absolute atomic E-state index is 0. The second-order valence-electron chi connectivity index (χ2n) is 7.05. The molecule has 1 atom stereocenters. The highest BCUT2D eigenvalue weighted by Gasteiger charge is 2.57. The Labute approximate surface area is 159 Å². The number of amides is 2. The van der Waals surface area contributed by atoms with E-state index in [1.54, 1.807) is 18.3 Å². The van der Waals surface area contributed by atoms with E-state index >= 15 is 0 Å². The van der Waals surface area contributed by atoms with E-state index in [9.17, 15) is 9.59 Å². The molecule has 1 unspecified atom stereocenters. The van der Waals surface area contributed by atoms with Crippen LogP contribution in [0.3, 0.4) is 0 Å². The number of hydrogen-bond acceptors (Lipinski definition) is 4. The van der Waals surface area contributed by atoms with E-state index in [0.717, 1.165) is 45.2 Å². The van der Waals surface area contributed by atoms with Crippen molar-refractivity contribution >= 4 is 48.1 Å². The van der Waals surface area contributed by atoms with Gasteiger partial charge in [-0.25, -0.2) is 4.98 Å². The van der Waals surface area contributed by atoms with Crippen molar-refractivity contribution in [2.24, 2.45) is 17.3 Å². The molecule has 3 N–H and O–H groups in total. The van der Waals surface area contributed by atoms with Crippen LogP contribution >= 0.6 is 24.8 Å². The van der Waals surface area contributed by atoms with Gasteiger partial charge < -0.3 is 16.0 Å². The van der Waals surface area contributed by atoms with Crippen molar-refractivity contribution in [3.05, 3.63) is 18.3 Å². The number of carbonyl (C=O) groups excluding carboxylic acids is 2. The summed E-state index contributed by atoms with van der Waals surface area (Å²) in [7, 11) is 0. The number of pyridine rings is 1. The van der Waals surface area contributed by atoms with Crippen molar-refractivity contribution in [3.8, 4) is 0 Å². The molecule has 138 valence electrons. The number of hydrogen-bond donors (Lipinski definition) is 3. The van der Waals surface area contributed by atoms with Gasteiger partial charge in [0.2, 0.25) is 11.8 Å². The number of piperidine rings is 1. The molecule has 2 heterocycles. The third kappa shape index (κ3) is 4.43. The fourth-order valence-electron chi connectivity index (χ4n) is 3.54. The third-order valence-corrected chi connectivity index (χ3v) is 5.34. The van der Waals surface area contributed by atoms with Gasteiger partial charge in [0.25, 0.3) is 0 Å². The number of anilines is 2. The van der Waals surface area contributed by atoms with E-state index in [1.807, 2.05) is 0 Å². The Balaban J connectivity index is 0.00000113. The van der Waals surface area contributed by atoms with Crippen LogP contribution in [-0.2, 0) is 9.59 Å². The number of carbonyl (C=O) groups is 2. The highest BCUT2D eigenvalue weighted by molar-refractivity contribution is 5.96. The molecule has 3 aliphatic rings. The Morgan fingerprint density at radius 3 is 2.40 bits per heavy atom. The quantitative estimate of drug-likeness (QED) is 0.742. The second kappa shape index (κ2) is 7.89. The van der Waals surface area contributed by atoms with Crippen molar-refractivity contribution in [1.29, 1.82) is 0 Å². The number of nitrogens with zero attached hydrogens (tertiary/aromatic N) is 1. The molecule has 0 aromatic carbocycles. The molecule has 6 nitrogen and oxygen atoms in total. The lowest BCUT2D eigenvalue weighted by Crippen LogP contribution is -2.31. The summed E-state index contributed by atoms with van der Waals surface area (Å²) in [5.41, 5.74) is 0.927. The highest BCUT2D eigenvalue weighted by atomic mass is 35.5. The predicted octanol–water partition coefficient (Wildman–Crippen LogP) is 2.60. The van der Waals surface area contributed by atoms with Crippen LogP contribution in [0.4, 0.5) is 11.5 Å². The third-order valence-electron chi connectivity index (χ3n) is 5.34. The maximum atomic E-state index is 12.4. The zero-order valence-corrected chi connectivity index (χ0v) is 15.5. The van der Waals surface area contributed by atoms with E-state index in [2.05, 4.69) is 20.9 Å². The van der Waals surface area contributed by atoms with Gasteiger partial charge in [-0.05, 0) is 62.7 Å². The molecule has 3 fully saturated rings. The zero-order valence-electron chi connectivity index (χ0n) is 13.9. The fourth-order valence-corrected chi connectivity index (χ4v) is 3.54. The van der Waals surface area contributed by atoms with E-state index < -0.39 is 0 Å². The highest BCUT2D eigenvalue weighted by Crippen LogP contribution is 2.58. The molecule has 1 aromatic heterocycles. The summed E-state index contributed by atoms with van der Waals surface area (Å²) in [4.78, 5) is 28.3. The molecule has 1 saturated heterocycles. The van der Waals surface area contributed by atoms with Gasteiger partial charge in [-0.3, -0.25) is 9.59 Å². The fraction of sp³-hybridized carbons (Fsp3) is 0.588. The van der Waals surface area contributed by atoms with E-state index in [1.165, 1.54) is 0 Å².